The fourth-order valence-electron chi connectivity index (χ4n) is 4.55. The van der Waals surface area contributed by atoms with Gasteiger partial charge in [-0.15, -0.1) is 0 Å². The molecule has 1 aromatic rings. The van der Waals surface area contributed by atoms with Gasteiger partial charge in [0.05, 0.1) is 0 Å². The Morgan fingerprint density at radius 1 is 1.29 bits per heavy atom. The quantitative estimate of drug-likeness (QED) is 0.661. The number of carbonyl (C=O) groups is 2. The zero-order valence-corrected chi connectivity index (χ0v) is 13.9. The highest BCUT2D eigenvalue weighted by atomic mass is 16.5. The van der Waals surface area contributed by atoms with Crippen LogP contribution in [-0.2, 0) is 17.6 Å². The van der Waals surface area contributed by atoms with Crippen LogP contribution in [-0.4, -0.2) is 35.0 Å². The predicted octanol–water partition coefficient (Wildman–Crippen LogP) is 2.31. The number of hydroxylamine groups is 1. The van der Waals surface area contributed by atoms with Gasteiger partial charge < -0.3 is 4.90 Å². The number of benzene rings is 1. The Kier molecular flexibility index (Phi) is 3.83. The minimum atomic E-state index is -0.471. The number of aryl methyl sites for hydroxylation is 1. The van der Waals surface area contributed by atoms with E-state index in [4.69, 9.17) is 5.21 Å². The fourth-order valence-corrected chi connectivity index (χ4v) is 4.55. The lowest BCUT2D eigenvalue weighted by Gasteiger charge is -2.35. The van der Waals surface area contributed by atoms with E-state index >= 15 is 0 Å². The number of likely N-dealkylation sites (tertiary alicyclic amines) is 1. The summed E-state index contributed by atoms with van der Waals surface area (Å²) in [6, 6.07) is 5.61. The molecule has 0 bridgehead atoms. The van der Waals surface area contributed by atoms with Gasteiger partial charge in [-0.25, -0.2) is 5.48 Å². The van der Waals surface area contributed by atoms with Gasteiger partial charge in [-0.2, -0.15) is 0 Å². The van der Waals surface area contributed by atoms with Crippen LogP contribution in [0, 0.1) is 11.3 Å². The summed E-state index contributed by atoms with van der Waals surface area (Å²) < 4.78 is 0. The molecular formula is C19H24N2O3. The van der Waals surface area contributed by atoms with E-state index in [9.17, 15) is 9.59 Å². The Hall–Kier alpha value is -1.88. The van der Waals surface area contributed by atoms with Gasteiger partial charge in [0.25, 0.3) is 5.91 Å². The van der Waals surface area contributed by atoms with E-state index in [0.717, 1.165) is 38.3 Å². The molecule has 1 spiro atoms. The number of rotatable bonds is 3. The van der Waals surface area contributed by atoms with Crippen molar-refractivity contribution in [2.75, 3.05) is 13.1 Å². The molecule has 2 aliphatic carbocycles. The van der Waals surface area contributed by atoms with Gasteiger partial charge in [0, 0.05) is 30.5 Å². The molecule has 1 aromatic carbocycles. The number of amides is 2. The normalized spacial score (nSPS) is 26.4. The SMILES string of the molecule is O=C(NO)c1ccc2c(c1)CC[C@]1(CC(=O)N(CC3CCC3)C1)C2. The van der Waals surface area contributed by atoms with Crippen molar-refractivity contribution in [3.05, 3.63) is 34.9 Å². The van der Waals surface area contributed by atoms with Crippen LogP contribution in [0.5, 0.6) is 0 Å². The van der Waals surface area contributed by atoms with Crippen LogP contribution in [0.3, 0.4) is 0 Å². The van der Waals surface area contributed by atoms with Crippen molar-refractivity contribution < 1.29 is 14.8 Å². The first-order valence-corrected chi connectivity index (χ1v) is 8.93. The maximum Gasteiger partial charge on any atom is 0.274 e. The lowest BCUT2D eigenvalue weighted by atomic mass is 9.70. The smallest absolute Gasteiger partial charge is 0.274 e. The van der Waals surface area contributed by atoms with Crippen molar-refractivity contribution in [1.82, 2.24) is 10.4 Å². The molecule has 1 atom stereocenters. The minimum Gasteiger partial charge on any atom is -0.342 e. The second-order valence-electron chi connectivity index (χ2n) is 7.85. The molecule has 24 heavy (non-hydrogen) atoms. The van der Waals surface area contributed by atoms with Crippen LogP contribution in [0.1, 0.15) is 53.6 Å². The van der Waals surface area contributed by atoms with Crippen LogP contribution in [0.4, 0.5) is 0 Å². The summed E-state index contributed by atoms with van der Waals surface area (Å²) in [6.07, 6.45) is 7.33. The molecule has 0 unspecified atom stereocenters. The highest BCUT2D eigenvalue weighted by molar-refractivity contribution is 5.93. The molecule has 128 valence electrons. The number of carbonyl (C=O) groups excluding carboxylic acids is 2. The van der Waals surface area contributed by atoms with Crippen LogP contribution in [0.2, 0.25) is 0 Å². The summed E-state index contributed by atoms with van der Waals surface area (Å²) in [6.45, 7) is 1.84. The summed E-state index contributed by atoms with van der Waals surface area (Å²) in [4.78, 5) is 26.1. The molecule has 5 heteroatoms. The van der Waals surface area contributed by atoms with Crippen molar-refractivity contribution in [3.8, 4) is 0 Å². The highest BCUT2D eigenvalue weighted by Crippen LogP contribution is 2.44. The summed E-state index contributed by atoms with van der Waals surface area (Å²) in [5.74, 6) is 0.571. The minimum absolute atomic E-state index is 0.0780. The van der Waals surface area contributed by atoms with Gasteiger partial charge in [-0.1, -0.05) is 12.5 Å². The third-order valence-electron chi connectivity index (χ3n) is 6.17. The van der Waals surface area contributed by atoms with Crippen molar-refractivity contribution >= 4 is 11.8 Å². The summed E-state index contributed by atoms with van der Waals surface area (Å²) in [7, 11) is 0. The molecular weight excluding hydrogens is 304 g/mol. The van der Waals surface area contributed by atoms with E-state index in [0.29, 0.717) is 17.9 Å². The zero-order chi connectivity index (χ0) is 16.7. The zero-order valence-electron chi connectivity index (χ0n) is 13.9. The first-order valence-electron chi connectivity index (χ1n) is 8.93. The predicted molar refractivity (Wildman–Crippen MR) is 88.7 cm³/mol. The van der Waals surface area contributed by atoms with Crippen molar-refractivity contribution in [1.29, 1.82) is 0 Å². The summed E-state index contributed by atoms with van der Waals surface area (Å²) in [5, 5.41) is 8.77. The molecule has 3 aliphatic rings. The Balaban J connectivity index is 1.49. The van der Waals surface area contributed by atoms with Gasteiger partial charge in [0.2, 0.25) is 5.91 Å². The number of nitrogens with zero attached hydrogens (tertiary/aromatic N) is 1. The molecule has 1 aliphatic heterocycles. The fraction of sp³-hybridized carbons (Fsp3) is 0.579. The summed E-state index contributed by atoms with van der Waals surface area (Å²) >= 11 is 0. The van der Waals surface area contributed by atoms with Gasteiger partial charge in [-0.05, 0) is 61.3 Å². The first kappa shape index (κ1) is 15.6. The van der Waals surface area contributed by atoms with Gasteiger partial charge in [-0.3, -0.25) is 14.8 Å². The van der Waals surface area contributed by atoms with E-state index in [1.165, 1.54) is 30.4 Å². The van der Waals surface area contributed by atoms with E-state index in [1.54, 1.807) is 11.5 Å². The molecule has 1 saturated heterocycles. The Labute approximate surface area is 142 Å². The standard InChI is InChI=1S/C19H24N2O3/c22-17-10-19(12-21(17)11-13-2-1-3-13)7-6-14-8-15(18(23)20-24)4-5-16(14)9-19/h4-5,8,13,24H,1-3,6-7,9-12H2,(H,20,23)/t19-/m1/s1. The van der Waals surface area contributed by atoms with Crippen molar-refractivity contribution in [2.45, 2.75) is 44.9 Å². The third kappa shape index (κ3) is 2.71. The van der Waals surface area contributed by atoms with Crippen molar-refractivity contribution in [2.24, 2.45) is 11.3 Å². The van der Waals surface area contributed by atoms with E-state index < -0.39 is 5.91 Å². The van der Waals surface area contributed by atoms with Crippen LogP contribution in [0.25, 0.3) is 0 Å². The Morgan fingerprint density at radius 3 is 2.83 bits per heavy atom. The number of hydrogen-bond donors (Lipinski definition) is 2. The largest absolute Gasteiger partial charge is 0.342 e. The Bertz CT molecular complexity index is 683. The molecule has 4 rings (SSSR count). The molecule has 0 radical (unpaired) electrons. The summed E-state index contributed by atoms with van der Waals surface area (Å²) in [5.41, 5.74) is 4.67. The Morgan fingerprint density at radius 2 is 2.12 bits per heavy atom. The van der Waals surface area contributed by atoms with Gasteiger partial charge in [0.1, 0.15) is 0 Å². The molecule has 2 fully saturated rings. The average molecular weight is 328 g/mol. The van der Waals surface area contributed by atoms with Crippen LogP contribution < -0.4 is 5.48 Å². The van der Waals surface area contributed by atoms with Gasteiger partial charge >= 0.3 is 0 Å². The number of hydrogen-bond acceptors (Lipinski definition) is 3. The molecule has 0 aromatic heterocycles. The molecule has 1 heterocycles. The lowest BCUT2D eigenvalue weighted by Crippen LogP contribution is -2.37. The van der Waals surface area contributed by atoms with E-state index in [-0.39, 0.29) is 5.41 Å². The van der Waals surface area contributed by atoms with E-state index in [1.807, 2.05) is 12.1 Å². The van der Waals surface area contributed by atoms with Crippen LogP contribution >= 0.6 is 0 Å². The monoisotopic (exact) mass is 328 g/mol. The molecule has 2 amide bonds. The second kappa shape index (κ2) is 5.88. The molecule has 2 N–H and O–H groups in total. The van der Waals surface area contributed by atoms with Crippen LogP contribution in [0.15, 0.2) is 18.2 Å². The topological polar surface area (TPSA) is 69.6 Å². The maximum atomic E-state index is 12.5. The maximum absolute atomic E-state index is 12.5. The average Bonchev–Trinajstić information content (AvgIpc) is 2.85. The second-order valence-corrected chi connectivity index (χ2v) is 7.85. The highest BCUT2D eigenvalue weighted by Gasteiger charge is 2.45. The molecule has 5 nitrogen and oxygen atoms in total. The number of fused-ring (bicyclic) bond motifs is 1. The third-order valence-corrected chi connectivity index (χ3v) is 6.17. The first-order chi connectivity index (χ1) is 11.6. The molecule has 1 saturated carbocycles. The van der Waals surface area contributed by atoms with E-state index in [2.05, 4.69) is 4.90 Å². The van der Waals surface area contributed by atoms with Crippen molar-refractivity contribution in [3.63, 3.8) is 0 Å². The number of nitrogens with one attached hydrogen (secondary N) is 1. The van der Waals surface area contributed by atoms with Gasteiger partial charge in [0.15, 0.2) is 0 Å². The lowest BCUT2D eigenvalue weighted by molar-refractivity contribution is -0.128.